The number of aliphatic hydroxyl groups excluding tert-OH is 1. The van der Waals surface area contributed by atoms with Gasteiger partial charge in [-0.3, -0.25) is 4.79 Å². The second kappa shape index (κ2) is 7.56. The van der Waals surface area contributed by atoms with Crippen molar-refractivity contribution < 1.29 is 27.9 Å². The molecule has 1 aliphatic heterocycles. The number of hydrogen-bond donors (Lipinski definition) is 1. The molecule has 0 bridgehead atoms. The van der Waals surface area contributed by atoms with Gasteiger partial charge in [-0.15, -0.1) is 0 Å². The normalized spacial score (nSPS) is 16.8. The Hall–Kier alpha value is -2.60. The topological polar surface area (TPSA) is 84.6 Å². The summed E-state index contributed by atoms with van der Waals surface area (Å²) in [5.74, 6) is -0.782. The van der Waals surface area contributed by atoms with E-state index in [1.165, 1.54) is 30.9 Å². The third-order valence-electron chi connectivity index (χ3n) is 4.55. The van der Waals surface area contributed by atoms with Gasteiger partial charge >= 0.3 is 12.2 Å². The van der Waals surface area contributed by atoms with Crippen LogP contribution in [0.4, 0.5) is 23.7 Å². The lowest BCUT2D eigenvalue weighted by atomic mass is 10.0. The van der Waals surface area contributed by atoms with Crippen molar-refractivity contribution in [1.29, 1.82) is 5.26 Å². The van der Waals surface area contributed by atoms with Crippen LogP contribution in [-0.2, 0) is 11.0 Å². The molecule has 6 nitrogen and oxygen atoms in total. The van der Waals surface area contributed by atoms with Crippen LogP contribution >= 0.6 is 0 Å². The van der Waals surface area contributed by atoms with Crippen molar-refractivity contribution in [2.75, 3.05) is 18.1 Å². The maximum atomic E-state index is 13.5. The molecular formula is C18H20F3N3O3. The molecular weight excluding hydrogens is 363 g/mol. The van der Waals surface area contributed by atoms with Crippen LogP contribution in [0, 0.1) is 11.3 Å². The smallest absolute Gasteiger partial charge is 0.396 e. The van der Waals surface area contributed by atoms with E-state index < -0.39 is 40.5 Å². The van der Waals surface area contributed by atoms with E-state index in [1.807, 2.05) is 0 Å². The summed E-state index contributed by atoms with van der Waals surface area (Å²) in [6.45, 7) is 3.12. The largest absolute Gasteiger partial charge is 0.419 e. The van der Waals surface area contributed by atoms with Crippen LogP contribution in [0.15, 0.2) is 18.2 Å². The van der Waals surface area contributed by atoms with Crippen LogP contribution in [0.1, 0.15) is 44.2 Å². The lowest BCUT2D eigenvalue weighted by Crippen LogP contribution is -2.44. The van der Waals surface area contributed by atoms with E-state index in [9.17, 15) is 22.8 Å². The molecule has 1 aromatic rings. The number of alkyl halides is 3. The van der Waals surface area contributed by atoms with Crippen LogP contribution in [-0.4, -0.2) is 40.6 Å². The molecule has 0 aliphatic carbocycles. The van der Waals surface area contributed by atoms with Gasteiger partial charge in [0.1, 0.15) is 5.54 Å². The molecule has 0 spiro atoms. The molecule has 1 saturated heterocycles. The monoisotopic (exact) mass is 383 g/mol. The van der Waals surface area contributed by atoms with Crippen LogP contribution < -0.4 is 4.90 Å². The summed E-state index contributed by atoms with van der Waals surface area (Å²) in [5.41, 5.74) is -3.91. The summed E-state index contributed by atoms with van der Waals surface area (Å²) in [6.07, 6.45) is -3.26. The number of anilines is 1. The fourth-order valence-electron chi connectivity index (χ4n) is 3.10. The SMILES string of the molecule is CC1(C)C(=O)N(c2cccc(C#N)c2C(F)(F)F)C(=O)N1CCCCCO. The molecule has 1 heterocycles. The van der Waals surface area contributed by atoms with Gasteiger partial charge in [0.2, 0.25) is 0 Å². The van der Waals surface area contributed by atoms with Crippen molar-refractivity contribution in [2.45, 2.75) is 44.8 Å². The van der Waals surface area contributed by atoms with E-state index in [0.29, 0.717) is 24.2 Å². The molecule has 1 N–H and O–H groups in total. The van der Waals surface area contributed by atoms with Crippen LogP contribution in [0.25, 0.3) is 0 Å². The number of imide groups is 1. The maximum absolute atomic E-state index is 13.5. The summed E-state index contributed by atoms with van der Waals surface area (Å²) < 4.78 is 40.6. The highest BCUT2D eigenvalue weighted by Gasteiger charge is 2.53. The van der Waals surface area contributed by atoms with Gasteiger partial charge in [-0.1, -0.05) is 6.07 Å². The second-order valence-corrected chi connectivity index (χ2v) is 6.73. The molecule has 1 aliphatic rings. The van der Waals surface area contributed by atoms with Crippen molar-refractivity contribution in [3.8, 4) is 6.07 Å². The minimum absolute atomic E-state index is 0.00170. The summed E-state index contributed by atoms with van der Waals surface area (Å²) >= 11 is 0. The zero-order valence-corrected chi connectivity index (χ0v) is 15.0. The molecule has 0 unspecified atom stereocenters. The first-order valence-electron chi connectivity index (χ1n) is 8.44. The van der Waals surface area contributed by atoms with Gasteiger partial charge in [-0.2, -0.15) is 18.4 Å². The van der Waals surface area contributed by atoms with Gasteiger partial charge in [0, 0.05) is 13.2 Å². The third kappa shape index (κ3) is 3.76. The first kappa shape index (κ1) is 20.7. The number of halogens is 3. The molecule has 1 fully saturated rings. The number of benzene rings is 1. The van der Waals surface area contributed by atoms with Crippen molar-refractivity contribution >= 4 is 17.6 Å². The van der Waals surface area contributed by atoms with E-state index in [1.54, 1.807) is 0 Å². The first-order chi connectivity index (χ1) is 12.6. The molecule has 0 saturated carbocycles. The Morgan fingerprint density at radius 3 is 2.41 bits per heavy atom. The fourth-order valence-corrected chi connectivity index (χ4v) is 3.10. The molecule has 0 atom stereocenters. The zero-order valence-electron chi connectivity index (χ0n) is 15.0. The Morgan fingerprint density at radius 2 is 1.85 bits per heavy atom. The van der Waals surface area contributed by atoms with Crippen LogP contribution in [0.5, 0.6) is 0 Å². The number of carbonyl (C=O) groups is 2. The van der Waals surface area contributed by atoms with E-state index in [4.69, 9.17) is 10.4 Å². The standard InChI is InChI=1S/C18H20F3N3O3/c1-17(2)15(26)24(16(27)23(17)9-4-3-5-10-25)13-8-6-7-12(11-22)14(13)18(19,20)21/h6-8,25H,3-5,9-10H2,1-2H3. The molecule has 0 radical (unpaired) electrons. The van der Waals surface area contributed by atoms with E-state index in [-0.39, 0.29) is 13.2 Å². The highest BCUT2D eigenvalue weighted by molar-refractivity contribution is 6.23. The van der Waals surface area contributed by atoms with Gasteiger partial charge in [0.05, 0.1) is 22.9 Å². The van der Waals surface area contributed by atoms with Gasteiger partial charge < -0.3 is 10.0 Å². The number of unbranched alkanes of at least 4 members (excludes halogenated alkanes) is 2. The number of hydrogen-bond acceptors (Lipinski definition) is 4. The second-order valence-electron chi connectivity index (χ2n) is 6.73. The number of urea groups is 1. The van der Waals surface area contributed by atoms with Crippen LogP contribution in [0.2, 0.25) is 0 Å². The minimum Gasteiger partial charge on any atom is -0.396 e. The number of aliphatic hydroxyl groups is 1. The van der Waals surface area contributed by atoms with E-state index in [2.05, 4.69) is 0 Å². The van der Waals surface area contributed by atoms with Gasteiger partial charge in [-0.05, 0) is 45.2 Å². The molecule has 3 amide bonds. The molecule has 9 heteroatoms. The Kier molecular flexibility index (Phi) is 5.80. The molecule has 27 heavy (non-hydrogen) atoms. The molecule has 2 rings (SSSR count). The van der Waals surface area contributed by atoms with Gasteiger partial charge in [-0.25, -0.2) is 9.69 Å². The lowest BCUT2D eigenvalue weighted by molar-refractivity contribution is -0.137. The summed E-state index contributed by atoms with van der Waals surface area (Å²) in [6, 6.07) is 3.84. The number of carbonyl (C=O) groups excluding carboxylic acids is 2. The summed E-state index contributed by atoms with van der Waals surface area (Å²) in [7, 11) is 0. The van der Waals surface area contributed by atoms with Gasteiger partial charge in [0.25, 0.3) is 5.91 Å². The highest BCUT2D eigenvalue weighted by atomic mass is 19.4. The summed E-state index contributed by atoms with van der Waals surface area (Å²) in [5, 5.41) is 17.9. The predicted molar refractivity (Wildman–Crippen MR) is 90.8 cm³/mol. The quantitative estimate of drug-likeness (QED) is 0.603. The first-order valence-corrected chi connectivity index (χ1v) is 8.44. The Bertz CT molecular complexity index is 784. The Morgan fingerprint density at radius 1 is 1.19 bits per heavy atom. The Labute approximate surface area is 154 Å². The fraction of sp³-hybridized carbons (Fsp3) is 0.500. The molecule has 1 aromatic carbocycles. The zero-order chi connectivity index (χ0) is 20.4. The predicted octanol–water partition coefficient (Wildman–Crippen LogP) is 3.29. The van der Waals surface area contributed by atoms with Crippen molar-refractivity contribution in [1.82, 2.24) is 4.90 Å². The average molecular weight is 383 g/mol. The lowest BCUT2D eigenvalue weighted by Gasteiger charge is -2.27. The average Bonchev–Trinajstić information content (AvgIpc) is 2.76. The minimum atomic E-state index is -4.90. The number of nitriles is 1. The van der Waals surface area contributed by atoms with E-state index in [0.717, 1.165) is 12.1 Å². The number of nitrogens with zero attached hydrogens (tertiary/aromatic N) is 3. The van der Waals surface area contributed by atoms with Crippen molar-refractivity contribution in [3.05, 3.63) is 29.3 Å². The number of amides is 3. The van der Waals surface area contributed by atoms with Crippen LogP contribution in [0.3, 0.4) is 0 Å². The summed E-state index contributed by atoms with van der Waals surface area (Å²) in [4.78, 5) is 27.3. The highest BCUT2D eigenvalue weighted by Crippen LogP contribution is 2.42. The van der Waals surface area contributed by atoms with E-state index >= 15 is 0 Å². The van der Waals surface area contributed by atoms with Crippen molar-refractivity contribution in [3.63, 3.8) is 0 Å². The van der Waals surface area contributed by atoms with Gasteiger partial charge in [0.15, 0.2) is 0 Å². The third-order valence-corrected chi connectivity index (χ3v) is 4.55. The Balaban J connectivity index is 2.47. The molecule has 146 valence electrons. The maximum Gasteiger partial charge on any atom is 0.419 e. The molecule has 0 aromatic heterocycles. The number of rotatable bonds is 6. The van der Waals surface area contributed by atoms with Crippen molar-refractivity contribution in [2.24, 2.45) is 0 Å².